The van der Waals surface area contributed by atoms with Gasteiger partial charge in [0.15, 0.2) is 0 Å². The van der Waals surface area contributed by atoms with Gasteiger partial charge in [0, 0.05) is 30.3 Å². The summed E-state index contributed by atoms with van der Waals surface area (Å²) in [6.45, 7) is 1.54. The Labute approximate surface area is 139 Å². The summed E-state index contributed by atoms with van der Waals surface area (Å²) < 4.78 is 4.17. The highest BCUT2D eigenvalue weighted by atomic mass is 35.5. The number of Topliss-reactive ketones (excluding diaryl/α,β-unsaturated/α-hetero) is 1. The molecule has 0 radical (unpaired) electrons. The van der Waals surface area contributed by atoms with Gasteiger partial charge in [0.2, 0.25) is 11.5 Å². The largest absolute Gasteiger partial charge is 0.395 e. The van der Waals surface area contributed by atoms with E-state index in [0.717, 1.165) is 29.8 Å². The summed E-state index contributed by atoms with van der Waals surface area (Å²) in [6.07, 6.45) is 4.83. The summed E-state index contributed by atoms with van der Waals surface area (Å²) in [5.74, 6) is -0.0904. The minimum Gasteiger partial charge on any atom is -0.395 e. The van der Waals surface area contributed by atoms with Gasteiger partial charge >= 0.3 is 0 Å². The standard InChI is InChI=1S/C18H16ClN3O/c1-21-6-5-12-10-22(9-11-3-2-4-13(19)7-11)17-16(12)15(21)8-14(20)18(17)23/h2-4,7-8,10,20H,5-6,9H2,1H3/p+1. The van der Waals surface area contributed by atoms with E-state index in [-0.39, 0.29) is 5.78 Å². The van der Waals surface area contributed by atoms with Crippen molar-refractivity contribution in [3.8, 4) is 0 Å². The first-order chi connectivity index (χ1) is 11.0. The minimum atomic E-state index is -0.0904. The molecular formula is C18H17ClN3O+. The first-order valence-corrected chi connectivity index (χ1v) is 7.99. The molecule has 0 saturated heterocycles. The summed E-state index contributed by atoms with van der Waals surface area (Å²) in [6, 6.07) is 7.72. The lowest BCUT2D eigenvalue weighted by Crippen LogP contribution is -2.32. The fourth-order valence-electron chi connectivity index (χ4n) is 3.42. The lowest BCUT2D eigenvalue weighted by atomic mass is 9.92. The predicted octanol–water partition coefficient (Wildman–Crippen LogP) is 2.22. The molecule has 1 aromatic carbocycles. The molecule has 0 saturated carbocycles. The number of likely N-dealkylation sites (N-methyl/N-ethyl adjacent to an activating group) is 1. The van der Waals surface area contributed by atoms with Gasteiger partial charge in [-0.15, -0.1) is 0 Å². The SMILES string of the molecule is C[N+]1=C2C=C(N)C(=O)c3c2c(cn3Cc2cccc(Cl)c2)CC1. The molecule has 23 heavy (non-hydrogen) atoms. The van der Waals surface area contributed by atoms with Crippen LogP contribution in [0.3, 0.4) is 0 Å². The van der Waals surface area contributed by atoms with Crippen LogP contribution in [0.15, 0.2) is 42.2 Å². The zero-order chi connectivity index (χ0) is 16.1. The first kappa shape index (κ1) is 14.3. The molecule has 0 unspecified atom stereocenters. The highest BCUT2D eigenvalue weighted by Gasteiger charge is 2.36. The molecule has 2 N–H and O–H groups in total. The molecule has 2 aliphatic rings. The smallest absolute Gasteiger partial charge is 0.226 e. The number of hydrogen-bond acceptors (Lipinski definition) is 2. The van der Waals surface area contributed by atoms with Gasteiger partial charge in [-0.25, -0.2) is 4.58 Å². The Morgan fingerprint density at radius 2 is 2.22 bits per heavy atom. The van der Waals surface area contributed by atoms with Crippen LogP contribution in [0.1, 0.15) is 27.2 Å². The van der Waals surface area contributed by atoms with Gasteiger partial charge in [-0.05, 0) is 23.3 Å². The van der Waals surface area contributed by atoms with E-state index in [1.807, 2.05) is 35.9 Å². The maximum Gasteiger partial charge on any atom is 0.226 e. The Kier molecular flexibility index (Phi) is 3.16. The number of carbonyl (C=O) groups is 1. The van der Waals surface area contributed by atoms with Crippen LogP contribution in [0.2, 0.25) is 5.02 Å². The number of aromatic nitrogens is 1. The van der Waals surface area contributed by atoms with Crippen molar-refractivity contribution in [2.75, 3.05) is 13.6 Å². The van der Waals surface area contributed by atoms with Crippen molar-refractivity contribution < 1.29 is 9.37 Å². The van der Waals surface area contributed by atoms with Crippen molar-refractivity contribution in [2.24, 2.45) is 5.73 Å². The summed E-state index contributed by atoms with van der Waals surface area (Å²) in [4.78, 5) is 12.6. The predicted molar refractivity (Wildman–Crippen MR) is 90.5 cm³/mol. The first-order valence-electron chi connectivity index (χ1n) is 7.61. The average Bonchev–Trinajstić information content (AvgIpc) is 2.87. The summed E-state index contributed by atoms with van der Waals surface area (Å²) in [5.41, 5.74) is 11.3. The Bertz CT molecular complexity index is 905. The Morgan fingerprint density at radius 1 is 1.39 bits per heavy atom. The molecule has 1 aliphatic carbocycles. The maximum absolute atomic E-state index is 12.6. The number of ketones is 1. The van der Waals surface area contributed by atoms with Gasteiger partial charge in [0.1, 0.15) is 19.3 Å². The molecule has 0 fully saturated rings. The molecule has 0 amide bonds. The third-order valence-electron chi connectivity index (χ3n) is 4.55. The van der Waals surface area contributed by atoms with Crippen LogP contribution in [0, 0.1) is 0 Å². The zero-order valence-electron chi connectivity index (χ0n) is 12.8. The summed E-state index contributed by atoms with van der Waals surface area (Å²) in [5, 5.41) is 0.700. The van der Waals surface area contributed by atoms with Crippen molar-refractivity contribution >= 4 is 23.1 Å². The lowest BCUT2D eigenvalue weighted by molar-refractivity contribution is -0.497. The summed E-state index contributed by atoms with van der Waals surface area (Å²) in [7, 11) is 2.04. The van der Waals surface area contributed by atoms with Crippen LogP contribution in [-0.4, -0.2) is 34.2 Å². The van der Waals surface area contributed by atoms with E-state index in [1.165, 1.54) is 5.56 Å². The van der Waals surface area contributed by atoms with E-state index in [0.29, 0.717) is 23.0 Å². The van der Waals surface area contributed by atoms with Crippen molar-refractivity contribution in [3.63, 3.8) is 0 Å². The molecule has 0 bridgehead atoms. The molecule has 1 aliphatic heterocycles. The number of carbonyl (C=O) groups excluding carboxylic acids is 1. The average molecular weight is 327 g/mol. The van der Waals surface area contributed by atoms with E-state index in [2.05, 4.69) is 10.8 Å². The monoisotopic (exact) mass is 326 g/mol. The molecule has 4 nitrogen and oxygen atoms in total. The zero-order valence-corrected chi connectivity index (χ0v) is 13.6. The number of hydrogen-bond donors (Lipinski definition) is 1. The quantitative estimate of drug-likeness (QED) is 0.860. The molecule has 5 heteroatoms. The van der Waals surface area contributed by atoms with E-state index >= 15 is 0 Å². The Balaban J connectivity index is 1.87. The van der Waals surface area contributed by atoms with Gasteiger partial charge in [-0.2, -0.15) is 0 Å². The van der Waals surface area contributed by atoms with Crippen LogP contribution < -0.4 is 5.73 Å². The second kappa shape index (κ2) is 5.10. The van der Waals surface area contributed by atoms with Crippen LogP contribution in [-0.2, 0) is 13.0 Å². The molecule has 116 valence electrons. The third kappa shape index (κ3) is 2.21. The summed E-state index contributed by atoms with van der Waals surface area (Å²) >= 11 is 6.07. The van der Waals surface area contributed by atoms with Crippen molar-refractivity contribution in [3.05, 3.63) is 69.6 Å². The van der Waals surface area contributed by atoms with Gasteiger partial charge in [0.25, 0.3) is 0 Å². The third-order valence-corrected chi connectivity index (χ3v) is 4.79. The van der Waals surface area contributed by atoms with Gasteiger partial charge in [0.05, 0.1) is 11.3 Å². The molecule has 0 atom stereocenters. The number of nitrogens with two attached hydrogens (primary N) is 1. The second-order valence-electron chi connectivity index (χ2n) is 6.12. The number of allylic oxidation sites excluding steroid dienone is 2. The second-order valence-corrected chi connectivity index (χ2v) is 6.56. The maximum atomic E-state index is 12.6. The van der Waals surface area contributed by atoms with Crippen LogP contribution >= 0.6 is 11.6 Å². The van der Waals surface area contributed by atoms with Gasteiger partial charge in [-0.1, -0.05) is 23.7 Å². The molecular weight excluding hydrogens is 310 g/mol. The van der Waals surface area contributed by atoms with Crippen LogP contribution in [0.5, 0.6) is 0 Å². The Morgan fingerprint density at radius 3 is 3.00 bits per heavy atom. The molecule has 2 aromatic rings. The fourth-order valence-corrected chi connectivity index (χ4v) is 3.63. The molecule has 0 spiro atoms. The molecule has 2 heterocycles. The lowest BCUT2D eigenvalue weighted by Gasteiger charge is -2.17. The van der Waals surface area contributed by atoms with Crippen LogP contribution in [0.4, 0.5) is 0 Å². The van der Waals surface area contributed by atoms with Gasteiger partial charge in [-0.3, -0.25) is 4.79 Å². The van der Waals surface area contributed by atoms with Crippen molar-refractivity contribution in [2.45, 2.75) is 13.0 Å². The molecule has 4 rings (SSSR count). The normalized spacial score (nSPS) is 16.4. The van der Waals surface area contributed by atoms with Crippen molar-refractivity contribution in [1.82, 2.24) is 4.57 Å². The molecule has 1 aromatic heterocycles. The van der Waals surface area contributed by atoms with E-state index in [1.54, 1.807) is 6.08 Å². The van der Waals surface area contributed by atoms with E-state index in [4.69, 9.17) is 17.3 Å². The topological polar surface area (TPSA) is 51.0 Å². The highest BCUT2D eigenvalue weighted by molar-refractivity contribution is 6.30. The van der Waals surface area contributed by atoms with Gasteiger partial charge < -0.3 is 10.3 Å². The number of rotatable bonds is 2. The van der Waals surface area contributed by atoms with Crippen LogP contribution in [0.25, 0.3) is 0 Å². The fraction of sp³-hybridized carbons (Fsp3) is 0.222. The van der Waals surface area contributed by atoms with Crippen molar-refractivity contribution in [1.29, 1.82) is 0 Å². The van der Waals surface area contributed by atoms with E-state index in [9.17, 15) is 4.79 Å². The minimum absolute atomic E-state index is 0.0904. The number of nitrogens with zero attached hydrogens (tertiary/aromatic N) is 2. The van der Waals surface area contributed by atoms with E-state index < -0.39 is 0 Å². The number of halogens is 1. The number of benzene rings is 1. The Hall–Kier alpha value is -2.33. The highest BCUT2D eigenvalue weighted by Crippen LogP contribution is 2.29.